The van der Waals surface area contributed by atoms with Crippen molar-refractivity contribution in [2.45, 2.75) is 19.9 Å². The highest BCUT2D eigenvalue weighted by Gasteiger charge is 2.19. The van der Waals surface area contributed by atoms with Gasteiger partial charge >= 0.3 is 0 Å². The highest BCUT2D eigenvalue weighted by Crippen LogP contribution is 2.29. The highest BCUT2D eigenvalue weighted by molar-refractivity contribution is 7.10. The molecule has 0 unspecified atom stereocenters. The number of rotatable bonds is 1. The molecule has 0 saturated carbocycles. The van der Waals surface area contributed by atoms with E-state index in [1.807, 2.05) is 24.3 Å². The summed E-state index contributed by atoms with van der Waals surface area (Å²) < 4.78 is 0. The molecule has 0 spiro atoms. The van der Waals surface area contributed by atoms with Crippen molar-refractivity contribution in [1.29, 1.82) is 5.26 Å². The molecule has 0 bridgehead atoms. The zero-order chi connectivity index (χ0) is 12.5. The third kappa shape index (κ3) is 1.89. The van der Waals surface area contributed by atoms with Crippen molar-refractivity contribution >= 4 is 17.0 Å². The predicted octanol–water partition coefficient (Wildman–Crippen LogP) is 3.49. The molecule has 3 heteroatoms. The maximum Gasteiger partial charge on any atom is 0.101 e. The van der Waals surface area contributed by atoms with Gasteiger partial charge in [0.05, 0.1) is 11.3 Å². The molecule has 2 aromatic rings. The molecule has 90 valence electrons. The lowest BCUT2D eigenvalue weighted by Gasteiger charge is -2.29. The van der Waals surface area contributed by atoms with Gasteiger partial charge in [0.1, 0.15) is 6.07 Å². The van der Waals surface area contributed by atoms with Crippen LogP contribution < -0.4 is 4.90 Å². The number of benzene rings is 1. The summed E-state index contributed by atoms with van der Waals surface area (Å²) in [5, 5.41) is 11.4. The Morgan fingerprint density at radius 3 is 3.06 bits per heavy atom. The van der Waals surface area contributed by atoms with Gasteiger partial charge in [-0.05, 0) is 48.1 Å². The summed E-state index contributed by atoms with van der Waals surface area (Å²) >= 11 is 1.84. The fraction of sp³-hybridized carbons (Fsp3) is 0.267. The summed E-state index contributed by atoms with van der Waals surface area (Å²) in [4.78, 5) is 3.81. The molecule has 1 aliphatic rings. The maximum atomic E-state index is 9.25. The number of aryl methyl sites for hydroxylation is 1. The minimum absolute atomic E-state index is 0.786. The SMILES string of the molecule is Cc1ccc(N2CCc3sccc3C2)c(C#N)c1. The highest BCUT2D eigenvalue weighted by atomic mass is 32.1. The molecule has 0 N–H and O–H groups in total. The Hall–Kier alpha value is -1.79. The van der Waals surface area contributed by atoms with Crippen LogP contribution in [0.5, 0.6) is 0 Å². The number of nitriles is 1. The van der Waals surface area contributed by atoms with Gasteiger partial charge in [-0.15, -0.1) is 11.3 Å². The zero-order valence-corrected chi connectivity index (χ0v) is 11.1. The fourth-order valence-corrected chi connectivity index (χ4v) is 3.36. The van der Waals surface area contributed by atoms with Crippen LogP contribution in [0.25, 0.3) is 0 Å². The molecular weight excluding hydrogens is 240 g/mol. The standard InChI is InChI=1S/C15H14N2S/c1-11-2-3-14(13(8-11)9-16)17-6-4-15-12(10-17)5-7-18-15/h2-3,5,7-8H,4,6,10H2,1H3. The molecule has 0 atom stereocenters. The number of hydrogen-bond donors (Lipinski definition) is 0. The quantitative estimate of drug-likeness (QED) is 0.779. The van der Waals surface area contributed by atoms with Crippen LogP contribution in [0.1, 0.15) is 21.6 Å². The molecule has 1 aliphatic heterocycles. The van der Waals surface area contributed by atoms with Gasteiger partial charge in [0.15, 0.2) is 0 Å². The molecule has 1 aromatic carbocycles. The molecule has 18 heavy (non-hydrogen) atoms. The van der Waals surface area contributed by atoms with Crippen LogP contribution in [0.2, 0.25) is 0 Å². The summed E-state index contributed by atoms with van der Waals surface area (Å²) in [5.74, 6) is 0. The molecule has 0 aliphatic carbocycles. The van der Waals surface area contributed by atoms with Crippen molar-refractivity contribution < 1.29 is 0 Å². The van der Waals surface area contributed by atoms with Gasteiger partial charge in [-0.2, -0.15) is 5.26 Å². The van der Waals surface area contributed by atoms with E-state index >= 15 is 0 Å². The van der Waals surface area contributed by atoms with Crippen molar-refractivity contribution in [3.05, 3.63) is 51.2 Å². The van der Waals surface area contributed by atoms with E-state index in [-0.39, 0.29) is 0 Å². The molecular formula is C15H14N2S. The first-order valence-electron chi connectivity index (χ1n) is 6.09. The first-order valence-corrected chi connectivity index (χ1v) is 6.97. The van der Waals surface area contributed by atoms with Crippen LogP contribution in [0.15, 0.2) is 29.6 Å². The van der Waals surface area contributed by atoms with Gasteiger partial charge in [0.2, 0.25) is 0 Å². The number of nitrogens with zero attached hydrogens (tertiary/aromatic N) is 2. The summed E-state index contributed by atoms with van der Waals surface area (Å²) in [6.45, 7) is 3.96. The largest absolute Gasteiger partial charge is 0.366 e. The Labute approximate surface area is 111 Å². The van der Waals surface area contributed by atoms with Gasteiger partial charge < -0.3 is 4.90 Å². The second-order valence-electron chi connectivity index (χ2n) is 4.67. The van der Waals surface area contributed by atoms with Crippen molar-refractivity contribution in [1.82, 2.24) is 0 Å². The first kappa shape index (κ1) is 11.3. The van der Waals surface area contributed by atoms with E-state index in [0.29, 0.717) is 0 Å². The average molecular weight is 254 g/mol. The van der Waals surface area contributed by atoms with E-state index < -0.39 is 0 Å². The maximum absolute atomic E-state index is 9.25. The summed E-state index contributed by atoms with van der Waals surface area (Å²) in [6, 6.07) is 10.6. The molecule has 2 nitrogen and oxygen atoms in total. The van der Waals surface area contributed by atoms with Crippen LogP contribution >= 0.6 is 11.3 Å². The van der Waals surface area contributed by atoms with E-state index in [4.69, 9.17) is 0 Å². The Bertz CT molecular complexity index is 622. The van der Waals surface area contributed by atoms with Crippen molar-refractivity contribution in [3.63, 3.8) is 0 Å². The molecule has 3 rings (SSSR count). The summed E-state index contributed by atoms with van der Waals surface area (Å²) in [6.07, 6.45) is 1.09. The molecule has 0 amide bonds. The van der Waals surface area contributed by atoms with Crippen LogP contribution in [-0.4, -0.2) is 6.54 Å². The number of fused-ring (bicyclic) bond motifs is 1. The third-order valence-corrected chi connectivity index (χ3v) is 4.44. The topological polar surface area (TPSA) is 27.0 Å². The molecule has 2 heterocycles. The van der Waals surface area contributed by atoms with Gasteiger partial charge in [-0.1, -0.05) is 6.07 Å². The molecule has 1 aromatic heterocycles. The summed E-state index contributed by atoms with van der Waals surface area (Å²) in [7, 11) is 0. The Balaban J connectivity index is 1.96. The first-order chi connectivity index (χ1) is 8.78. The number of anilines is 1. The lowest BCUT2D eigenvalue weighted by Crippen LogP contribution is -2.29. The van der Waals surface area contributed by atoms with Gasteiger partial charge in [-0.25, -0.2) is 0 Å². The minimum atomic E-state index is 0.786. The molecule has 0 fully saturated rings. The van der Waals surface area contributed by atoms with Crippen LogP contribution in [-0.2, 0) is 13.0 Å². The van der Waals surface area contributed by atoms with Gasteiger partial charge in [-0.3, -0.25) is 0 Å². The van der Waals surface area contributed by atoms with Crippen LogP contribution in [0.4, 0.5) is 5.69 Å². The van der Waals surface area contributed by atoms with E-state index in [2.05, 4.69) is 34.5 Å². The summed E-state index contributed by atoms with van der Waals surface area (Å²) in [5.41, 5.74) is 4.41. The second-order valence-corrected chi connectivity index (χ2v) is 5.67. The minimum Gasteiger partial charge on any atom is -0.366 e. The molecule has 0 saturated heterocycles. The average Bonchev–Trinajstić information content (AvgIpc) is 2.85. The van der Waals surface area contributed by atoms with Crippen molar-refractivity contribution in [2.75, 3.05) is 11.4 Å². The lowest BCUT2D eigenvalue weighted by molar-refractivity contribution is 0.743. The van der Waals surface area contributed by atoms with Crippen LogP contribution in [0, 0.1) is 18.3 Å². The monoisotopic (exact) mass is 254 g/mol. The third-order valence-electron chi connectivity index (χ3n) is 3.42. The van der Waals surface area contributed by atoms with Crippen LogP contribution in [0.3, 0.4) is 0 Å². The Morgan fingerprint density at radius 1 is 1.33 bits per heavy atom. The Morgan fingerprint density at radius 2 is 2.22 bits per heavy atom. The lowest BCUT2D eigenvalue weighted by atomic mass is 10.1. The zero-order valence-electron chi connectivity index (χ0n) is 10.3. The van der Waals surface area contributed by atoms with E-state index in [0.717, 1.165) is 36.3 Å². The second kappa shape index (κ2) is 4.47. The smallest absolute Gasteiger partial charge is 0.101 e. The van der Waals surface area contributed by atoms with E-state index in [1.54, 1.807) is 0 Å². The van der Waals surface area contributed by atoms with E-state index in [1.165, 1.54) is 10.4 Å². The van der Waals surface area contributed by atoms with Gasteiger partial charge in [0.25, 0.3) is 0 Å². The number of thiophene rings is 1. The normalized spacial score (nSPS) is 14.1. The van der Waals surface area contributed by atoms with Crippen molar-refractivity contribution in [2.24, 2.45) is 0 Å². The van der Waals surface area contributed by atoms with Gasteiger partial charge in [0, 0.05) is 18.0 Å². The Kier molecular flexibility index (Phi) is 2.81. The predicted molar refractivity (Wildman–Crippen MR) is 75.0 cm³/mol. The van der Waals surface area contributed by atoms with Crippen molar-refractivity contribution in [3.8, 4) is 6.07 Å². The van der Waals surface area contributed by atoms with E-state index in [9.17, 15) is 5.26 Å². The molecule has 0 radical (unpaired) electrons. The fourth-order valence-electron chi connectivity index (χ4n) is 2.47. The number of hydrogen-bond acceptors (Lipinski definition) is 3.